The summed E-state index contributed by atoms with van der Waals surface area (Å²) in [6, 6.07) is 10.6. The molecule has 0 aliphatic heterocycles. The molecule has 1 heterocycles. The molecule has 0 unspecified atom stereocenters. The standard InChI is InChI=1S/C21H32N6/c1-4-22-21(25-18-12-10-17(11-13-18)16(2)3)23-14-20-26-24-15-27(20)19-8-6-5-7-9-19/h5-9,15-18H,4,10-14H2,1-3H3,(H2,22,23,25). The lowest BCUT2D eigenvalue weighted by atomic mass is 9.80. The highest BCUT2D eigenvalue weighted by atomic mass is 15.3. The van der Waals surface area contributed by atoms with E-state index < -0.39 is 0 Å². The molecule has 1 aliphatic carbocycles. The van der Waals surface area contributed by atoms with Gasteiger partial charge >= 0.3 is 0 Å². The zero-order valence-electron chi connectivity index (χ0n) is 16.7. The fraction of sp³-hybridized carbons (Fsp3) is 0.571. The summed E-state index contributed by atoms with van der Waals surface area (Å²) in [5.41, 5.74) is 1.05. The molecule has 2 N–H and O–H groups in total. The van der Waals surface area contributed by atoms with Crippen LogP contribution in [-0.4, -0.2) is 33.3 Å². The van der Waals surface area contributed by atoms with Gasteiger partial charge in [0.2, 0.25) is 0 Å². The van der Waals surface area contributed by atoms with Crippen LogP contribution in [-0.2, 0) is 6.54 Å². The molecule has 6 heteroatoms. The highest BCUT2D eigenvalue weighted by molar-refractivity contribution is 5.80. The summed E-state index contributed by atoms with van der Waals surface area (Å²) in [4.78, 5) is 4.76. The van der Waals surface area contributed by atoms with Gasteiger partial charge in [-0.05, 0) is 56.6 Å². The van der Waals surface area contributed by atoms with Gasteiger partial charge < -0.3 is 10.6 Å². The van der Waals surface area contributed by atoms with Crippen LogP contribution >= 0.6 is 0 Å². The number of nitrogens with one attached hydrogen (secondary N) is 2. The molecular weight excluding hydrogens is 336 g/mol. The zero-order chi connectivity index (χ0) is 19.1. The maximum Gasteiger partial charge on any atom is 0.191 e. The smallest absolute Gasteiger partial charge is 0.191 e. The predicted molar refractivity (Wildman–Crippen MR) is 110 cm³/mol. The molecule has 0 bridgehead atoms. The van der Waals surface area contributed by atoms with E-state index in [4.69, 9.17) is 4.99 Å². The molecule has 1 aromatic carbocycles. The fourth-order valence-corrected chi connectivity index (χ4v) is 3.76. The van der Waals surface area contributed by atoms with Crippen molar-refractivity contribution in [1.82, 2.24) is 25.4 Å². The van der Waals surface area contributed by atoms with Crippen molar-refractivity contribution in [3.8, 4) is 5.69 Å². The van der Waals surface area contributed by atoms with Crippen LogP contribution in [0.1, 0.15) is 52.3 Å². The predicted octanol–water partition coefficient (Wildman–Crippen LogP) is 3.54. The maximum absolute atomic E-state index is 4.76. The Morgan fingerprint density at radius 1 is 1.19 bits per heavy atom. The molecule has 27 heavy (non-hydrogen) atoms. The Bertz CT molecular complexity index is 713. The second kappa shape index (κ2) is 9.53. The molecule has 1 saturated carbocycles. The number of aliphatic imine (C=N–C) groups is 1. The van der Waals surface area contributed by atoms with E-state index in [1.54, 1.807) is 6.33 Å². The second-order valence-electron chi connectivity index (χ2n) is 7.65. The van der Waals surface area contributed by atoms with E-state index in [1.165, 1.54) is 25.7 Å². The lowest BCUT2D eigenvalue weighted by Crippen LogP contribution is -2.45. The van der Waals surface area contributed by atoms with E-state index in [-0.39, 0.29) is 0 Å². The van der Waals surface area contributed by atoms with Crippen molar-refractivity contribution in [3.63, 3.8) is 0 Å². The van der Waals surface area contributed by atoms with Gasteiger partial charge in [-0.15, -0.1) is 10.2 Å². The van der Waals surface area contributed by atoms with Gasteiger partial charge in [0.25, 0.3) is 0 Å². The number of hydrogen-bond donors (Lipinski definition) is 2. The van der Waals surface area contributed by atoms with Crippen molar-refractivity contribution >= 4 is 5.96 Å². The number of hydrogen-bond acceptors (Lipinski definition) is 3. The Morgan fingerprint density at radius 2 is 1.93 bits per heavy atom. The van der Waals surface area contributed by atoms with Crippen LogP contribution in [0.25, 0.3) is 5.69 Å². The summed E-state index contributed by atoms with van der Waals surface area (Å²) in [7, 11) is 0. The molecule has 6 nitrogen and oxygen atoms in total. The van der Waals surface area contributed by atoms with E-state index >= 15 is 0 Å². The molecule has 3 rings (SSSR count). The number of guanidine groups is 1. The van der Waals surface area contributed by atoms with Crippen LogP contribution in [0.5, 0.6) is 0 Å². The van der Waals surface area contributed by atoms with Gasteiger partial charge in [-0.1, -0.05) is 32.0 Å². The maximum atomic E-state index is 4.76. The van der Waals surface area contributed by atoms with Gasteiger partial charge in [-0.25, -0.2) is 4.99 Å². The molecule has 0 amide bonds. The van der Waals surface area contributed by atoms with Gasteiger partial charge in [0.15, 0.2) is 11.8 Å². The van der Waals surface area contributed by atoms with Crippen LogP contribution in [0, 0.1) is 11.8 Å². The topological polar surface area (TPSA) is 67.1 Å². The summed E-state index contributed by atoms with van der Waals surface area (Å²) in [6.07, 6.45) is 6.78. The molecule has 0 atom stereocenters. The third kappa shape index (κ3) is 5.31. The minimum atomic E-state index is 0.492. The molecule has 2 aromatic rings. The van der Waals surface area contributed by atoms with Crippen molar-refractivity contribution in [2.24, 2.45) is 16.8 Å². The van der Waals surface area contributed by atoms with Crippen LogP contribution in [0.4, 0.5) is 0 Å². The molecule has 0 spiro atoms. The lowest BCUT2D eigenvalue weighted by Gasteiger charge is -2.32. The first-order valence-electron chi connectivity index (χ1n) is 10.2. The third-order valence-electron chi connectivity index (χ3n) is 5.43. The number of nitrogens with zero attached hydrogens (tertiary/aromatic N) is 4. The van der Waals surface area contributed by atoms with E-state index in [0.717, 1.165) is 35.9 Å². The summed E-state index contributed by atoms with van der Waals surface area (Å²) < 4.78 is 1.99. The molecule has 1 aliphatic rings. The summed E-state index contributed by atoms with van der Waals surface area (Å²) >= 11 is 0. The Hall–Kier alpha value is -2.37. The van der Waals surface area contributed by atoms with Crippen LogP contribution < -0.4 is 10.6 Å². The third-order valence-corrected chi connectivity index (χ3v) is 5.43. The molecule has 0 saturated heterocycles. The van der Waals surface area contributed by atoms with E-state index in [2.05, 4.69) is 41.6 Å². The first-order chi connectivity index (χ1) is 13.2. The number of para-hydroxylation sites is 1. The van der Waals surface area contributed by atoms with Crippen molar-refractivity contribution in [2.45, 2.75) is 59.0 Å². The molecule has 146 valence electrons. The minimum absolute atomic E-state index is 0.492. The van der Waals surface area contributed by atoms with E-state index in [1.807, 2.05) is 34.9 Å². The Morgan fingerprint density at radius 3 is 2.59 bits per heavy atom. The van der Waals surface area contributed by atoms with Gasteiger partial charge in [0.1, 0.15) is 12.9 Å². The highest BCUT2D eigenvalue weighted by Gasteiger charge is 2.23. The highest BCUT2D eigenvalue weighted by Crippen LogP contribution is 2.29. The average Bonchev–Trinajstić information content (AvgIpc) is 3.16. The van der Waals surface area contributed by atoms with E-state index in [9.17, 15) is 0 Å². The summed E-state index contributed by atoms with van der Waals surface area (Å²) in [5.74, 6) is 3.36. The lowest BCUT2D eigenvalue weighted by molar-refractivity contribution is 0.250. The van der Waals surface area contributed by atoms with Gasteiger partial charge in [-0.2, -0.15) is 0 Å². The number of aromatic nitrogens is 3. The number of benzene rings is 1. The van der Waals surface area contributed by atoms with Crippen molar-refractivity contribution in [3.05, 3.63) is 42.5 Å². The quantitative estimate of drug-likeness (QED) is 0.604. The fourth-order valence-electron chi connectivity index (χ4n) is 3.76. The largest absolute Gasteiger partial charge is 0.357 e. The zero-order valence-corrected chi connectivity index (χ0v) is 16.7. The monoisotopic (exact) mass is 368 g/mol. The Labute approximate surface area is 162 Å². The van der Waals surface area contributed by atoms with Crippen LogP contribution in [0.3, 0.4) is 0 Å². The van der Waals surface area contributed by atoms with E-state index in [0.29, 0.717) is 12.6 Å². The van der Waals surface area contributed by atoms with Crippen LogP contribution in [0.2, 0.25) is 0 Å². The molecule has 0 radical (unpaired) electrons. The minimum Gasteiger partial charge on any atom is -0.357 e. The number of rotatable bonds is 6. The van der Waals surface area contributed by atoms with Crippen LogP contribution in [0.15, 0.2) is 41.7 Å². The molecule has 1 fully saturated rings. The van der Waals surface area contributed by atoms with Crippen molar-refractivity contribution in [1.29, 1.82) is 0 Å². The first-order valence-corrected chi connectivity index (χ1v) is 10.2. The molecule has 1 aromatic heterocycles. The SMILES string of the molecule is CCNC(=NCc1nncn1-c1ccccc1)NC1CCC(C(C)C)CC1. The normalized spacial score (nSPS) is 20.7. The van der Waals surface area contributed by atoms with Gasteiger partial charge in [0, 0.05) is 18.3 Å². The average molecular weight is 369 g/mol. The van der Waals surface area contributed by atoms with Crippen molar-refractivity contribution < 1.29 is 0 Å². The summed E-state index contributed by atoms with van der Waals surface area (Å²) in [5, 5.41) is 15.3. The summed E-state index contributed by atoms with van der Waals surface area (Å²) in [6.45, 7) is 8.11. The Balaban J connectivity index is 1.63. The molecular formula is C21H32N6. The van der Waals surface area contributed by atoms with Crippen molar-refractivity contribution in [2.75, 3.05) is 6.54 Å². The first kappa shape index (κ1) is 19.4. The Kier molecular flexibility index (Phi) is 6.85. The second-order valence-corrected chi connectivity index (χ2v) is 7.65. The van der Waals surface area contributed by atoms with Gasteiger partial charge in [0.05, 0.1) is 0 Å². The van der Waals surface area contributed by atoms with Gasteiger partial charge in [-0.3, -0.25) is 4.57 Å².